The summed E-state index contributed by atoms with van der Waals surface area (Å²) in [5.74, 6) is 0.0292. The van der Waals surface area contributed by atoms with Crippen LogP contribution in [0.3, 0.4) is 0 Å². The second-order valence-electron chi connectivity index (χ2n) is 8.83. The number of likely N-dealkylation sites (tertiary alicyclic amines) is 1. The van der Waals surface area contributed by atoms with E-state index < -0.39 is 28.8 Å². The van der Waals surface area contributed by atoms with Crippen molar-refractivity contribution in [1.82, 2.24) is 10.2 Å². The number of nitro groups is 1. The number of halogens is 2. The Morgan fingerprint density at radius 2 is 1.82 bits per heavy atom. The molecule has 182 valence electrons. The summed E-state index contributed by atoms with van der Waals surface area (Å²) < 4.78 is 10.8. The van der Waals surface area contributed by atoms with Crippen LogP contribution in [-0.4, -0.2) is 46.7 Å². The van der Waals surface area contributed by atoms with Crippen LogP contribution in [0.4, 0.5) is 15.3 Å². The number of nitrogens with one attached hydrogen (secondary N) is 1. The number of nitro benzene ring substituents is 1. The number of non-ortho nitro benzene ring substituents is 1. The molecule has 0 aliphatic carbocycles. The molecule has 0 radical (unpaired) electrons. The molecule has 1 fully saturated rings. The zero-order valence-corrected chi connectivity index (χ0v) is 20.4. The van der Waals surface area contributed by atoms with Gasteiger partial charge in [0.05, 0.1) is 21.0 Å². The average Bonchev–Trinajstić information content (AvgIpc) is 3.17. The van der Waals surface area contributed by atoms with Gasteiger partial charge in [-0.3, -0.25) is 10.1 Å². The minimum atomic E-state index is -0.752. The van der Waals surface area contributed by atoms with E-state index in [0.717, 1.165) is 5.56 Å². The molecular formula is C23H25Cl2N3O6. The molecule has 11 heteroatoms. The van der Waals surface area contributed by atoms with Crippen molar-refractivity contribution >= 4 is 41.1 Å². The molecule has 3 rings (SSSR count). The van der Waals surface area contributed by atoms with E-state index in [0.29, 0.717) is 23.0 Å². The van der Waals surface area contributed by atoms with Crippen molar-refractivity contribution in [3.8, 4) is 5.75 Å². The number of hydrogen-bond acceptors (Lipinski definition) is 6. The van der Waals surface area contributed by atoms with Crippen LogP contribution in [0.25, 0.3) is 0 Å². The molecule has 0 saturated carbocycles. The molecule has 0 aromatic heterocycles. The first kappa shape index (κ1) is 25.6. The van der Waals surface area contributed by atoms with Crippen LogP contribution in [0.1, 0.15) is 38.7 Å². The number of carbonyl (C=O) groups excluding carboxylic acids is 2. The number of amides is 2. The van der Waals surface area contributed by atoms with Gasteiger partial charge in [-0.15, -0.1) is 0 Å². The highest BCUT2D eigenvalue weighted by atomic mass is 35.5. The van der Waals surface area contributed by atoms with Crippen molar-refractivity contribution in [1.29, 1.82) is 0 Å². The van der Waals surface area contributed by atoms with E-state index in [-0.39, 0.29) is 23.9 Å². The second-order valence-corrected chi connectivity index (χ2v) is 9.65. The Morgan fingerprint density at radius 3 is 2.41 bits per heavy atom. The molecule has 0 bridgehead atoms. The van der Waals surface area contributed by atoms with Gasteiger partial charge in [-0.1, -0.05) is 29.3 Å². The van der Waals surface area contributed by atoms with Crippen LogP contribution in [0.5, 0.6) is 5.75 Å². The van der Waals surface area contributed by atoms with E-state index in [1.807, 2.05) is 6.07 Å². The fraction of sp³-hybridized carbons (Fsp3) is 0.391. The van der Waals surface area contributed by atoms with Gasteiger partial charge in [0.2, 0.25) is 0 Å². The summed E-state index contributed by atoms with van der Waals surface area (Å²) in [5.41, 5.74) is 0.0955. The van der Waals surface area contributed by atoms with Crippen LogP contribution in [0.2, 0.25) is 10.0 Å². The summed E-state index contributed by atoms with van der Waals surface area (Å²) in [6.07, 6.45) is -0.593. The molecule has 1 unspecified atom stereocenters. The smallest absolute Gasteiger partial charge is 0.412 e. The highest BCUT2D eigenvalue weighted by Gasteiger charge is 2.40. The Morgan fingerprint density at radius 1 is 1.15 bits per heavy atom. The van der Waals surface area contributed by atoms with Crippen LogP contribution >= 0.6 is 23.2 Å². The number of hydrogen-bond donors (Lipinski definition) is 1. The average molecular weight is 510 g/mol. The maximum atomic E-state index is 12.8. The van der Waals surface area contributed by atoms with Crippen molar-refractivity contribution < 1.29 is 24.0 Å². The van der Waals surface area contributed by atoms with Gasteiger partial charge in [0, 0.05) is 31.1 Å². The summed E-state index contributed by atoms with van der Waals surface area (Å²) in [4.78, 5) is 37.1. The quantitative estimate of drug-likeness (QED) is 0.403. The Labute approximate surface area is 207 Å². The SMILES string of the molecule is CC(C)(C)OC(=O)N1CC[C@@H](c2ccc(Cl)c(Cl)c2)C1CNC(=O)Oc1ccc([N+](=O)[O-])cc1. The number of rotatable bonds is 5. The van der Waals surface area contributed by atoms with Gasteiger partial charge >= 0.3 is 12.2 Å². The largest absolute Gasteiger partial charge is 0.444 e. The van der Waals surface area contributed by atoms with Crippen molar-refractivity contribution in [3.05, 3.63) is 68.2 Å². The summed E-state index contributed by atoms with van der Waals surface area (Å²) in [7, 11) is 0. The molecule has 1 aliphatic heterocycles. The normalized spacial score (nSPS) is 17.9. The Hall–Kier alpha value is -3.04. The fourth-order valence-electron chi connectivity index (χ4n) is 3.75. The van der Waals surface area contributed by atoms with Gasteiger partial charge < -0.3 is 19.7 Å². The van der Waals surface area contributed by atoms with Crippen molar-refractivity contribution in [2.45, 2.75) is 44.8 Å². The first-order valence-corrected chi connectivity index (χ1v) is 11.3. The molecule has 1 aliphatic rings. The van der Waals surface area contributed by atoms with Gasteiger partial charge in [0.1, 0.15) is 11.4 Å². The minimum Gasteiger partial charge on any atom is -0.444 e. The maximum absolute atomic E-state index is 12.8. The van der Waals surface area contributed by atoms with Crippen molar-refractivity contribution in [2.24, 2.45) is 0 Å². The lowest BCUT2D eigenvalue weighted by Gasteiger charge is -2.31. The van der Waals surface area contributed by atoms with E-state index in [2.05, 4.69) is 5.32 Å². The zero-order chi connectivity index (χ0) is 25.0. The minimum absolute atomic E-state index is 0.0932. The highest BCUT2D eigenvalue weighted by molar-refractivity contribution is 6.42. The monoisotopic (exact) mass is 509 g/mol. The van der Waals surface area contributed by atoms with Gasteiger partial charge in [0.15, 0.2) is 0 Å². The summed E-state index contributed by atoms with van der Waals surface area (Å²) in [6.45, 7) is 5.88. The van der Waals surface area contributed by atoms with Crippen LogP contribution in [0, 0.1) is 10.1 Å². The molecule has 2 aromatic rings. The third-order valence-electron chi connectivity index (χ3n) is 5.26. The van der Waals surface area contributed by atoms with Crippen LogP contribution in [-0.2, 0) is 4.74 Å². The highest BCUT2D eigenvalue weighted by Crippen LogP contribution is 2.36. The van der Waals surface area contributed by atoms with Crippen LogP contribution in [0.15, 0.2) is 42.5 Å². The van der Waals surface area contributed by atoms with Crippen LogP contribution < -0.4 is 10.1 Å². The standard InChI is InChI=1S/C23H25Cl2N3O6/c1-23(2,3)34-22(30)27-11-10-17(14-4-9-18(24)19(25)12-14)20(27)13-26-21(29)33-16-7-5-15(6-8-16)28(31)32/h4-9,12,17,20H,10-11,13H2,1-3H3,(H,26,29)/t17-,20?/m0/s1. The van der Waals surface area contributed by atoms with Gasteiger partial charge in [-0.25, -0.2) is 9.59 Å². The predicted octanol–water partition coefficient (Wildman–Crippen LogP) is 5.78. The summed E-state index contributed by atoms with van der Waals surface area (Å²) in [5, 5.41) is 14.3. The van der Waals surface area contributed by atoms with Gasteiger partial charge in [-0.2, -0.15) is 0 Å². The summed E-state index contributed by atoms with van der Waals surface area (Å²) >= 11 is 12.3. The number of ether oxygens (including phenoxy) is 2. The van der Waals surface area contributed by atoms with E-state index in [1.165, 1.54) is 24.3 Å². The van der Waals surface area contributed by atoms with E-state index in [1.54, 1.807) is 37.8 Å². The lowest BCUT2D eigenvalue weighted by atomic mass is 9.91. The molecule has 0 spiro atoms. The molecule has 2 amide bonds. The number of nitrogens with zero attached hydrogens (tertiary/aromatic N) is 2. The van der Waals surface area contributed by atoms with E-state index in [4.69, 9.17) is 32.7 Å². The van der Waals surface area contributed by atoms with Gasteiger partial charge in [-0.05, 0) is 57.0 Å². The molecular weight excluding hydrogens is 485 g/mol. The van der Waals surface area contributed by atoms with Gasteiger partial charge in [0.25, 0.3) is 5.69 Å². The third kappa shape index (κ3) is 6.51. The first-order chi connectivity index (χ1) is 15.9. The Balaban J connectivity index is 1.74. The Bertz CT molecular complexity index is 1070. The number of benzene rings is 2. The molecule has 1 saturated heterocycles. The molecule has 2 atom stereocenters. The molecule has 1 N–H and O–H groups in total. The summed E-state index contributed by atoms with van der Waals surface area (Å²) in [6, 6.07) is 10.0. The third-order valence-corrected chi connectivity index (χ3v) is 6.00. The van der Waals surface area contributed by atoms with Crippen molar-refractivity contribution in [3.63, 3.8) is 0 Å². The second kappa shape index (κ2) is 10.5. The number of carbonyl (C=O) groups is 2. The van der Waals surface area contributed by atoms with E-state index in [9.17, 15) is 19.7 Å². The molecule has 1 heterocycles. The predicted molar refractivity (Wildman–Crippen MR) is 128 cm³/mol. The topological polar surface area (TPSA) is 111 Å². The molecule has 2 aromatic carbocycles. The lowest BCUT2D eigenvalue weighted by Crippen LogP contribution is -2.47. The molecule has 9 nitrogen and oxygen atoms in total. The fourth-order valence-corrected chi connectivity index (χ4v) is 4.06. The maximum Gasteiger partial charge on any atom is 0.412 e. The van der Waals surface area contributed by atoms with Crippen molar-refractivity contribution in [2.75, 3.05) is 13.1 Å². The lowest BCUT2D eigenvalue weighted by molar-refractivity contribution is -0.384. The van der Waals surface area contributed by atoms with E-state index >= 15 is 0 Å². The zero-order valence-electron chi connectivity index (χ0n) is 18.9. The molecule has 34 heavy (non-hydrogen) atoms. The first-order valence-electron chi connectivity index (χ1n) is 10.6. The Kier molecular flexibility index (Phi) is 7.89.